The zero-order valence-corrected chi connectivity index (χ0v) is 17.3. The van der Waals surface area contributed by atoms with Gasteiger partial charge in [-0.25, -0.2) is 0 Å². The number of aryl methyl sites for hydroxylation is 1. The Morgan fingerprint density at radius 2 is 2.14 bits per heavy atom. The van der Waals surface area contributed by atoms with Crippen molar-refractivity contribution >= 4 is 11.8 Å². The topological polar surface area (TPSA) is 28.8 Å². The fraction of sp³-hybridized carbons (Fsp3) is 0.222. The summed E-state index contributed by atoms with van der Waals surface area (Å²) in [6, 6.07) is 11.3. The summed E-state index contributed by atoms with van der Waals surface area (Å²) in [6.45, 7) is 9.92. The smallest absolute Gasteiger partial charge is 0.0519 e. The lowest BCUT2D eigenvalue weighted by molar-refractivity contribution is 0.509. The number of rotatable bonds is 8. The zero-order valence-electron chi connectivity index (χ0n) is 17.3. The highest BCUT2D eigenvalue weighted by atomic mass is 15.0. The molecule has 1 aromatic carbocycles. The second-order valence-electron chi connectivity index (χ2n) is 7.54. The molecule has 0 saturated carbocycles. The predicted octanol–water partition coefficient (Wildman–Crippen LogP) is 7.47. The minimum atomic E-state index is 0.377. The van der Waals surface area contributed by atoms with Crippen molar-refractivity contribution in [3.8, 4) is 11.3 Å². The fourth-order valence-electron chi connectivity index (χ4n) is 4.04. The summed E-state index contributed by atoms with van der Waals surface area (Å²) in [4.78, 5) is 0. The summed E-state index contributed by atoms with van der Waals surface area (Å²) in [7, 11) is 0. The van der Waals surface area contributed by atoms with E-state index in [-0.39, 0.29) is 0 Å². The molecule has 0 radical (unpaired) electrons. The van der Waals surface area contributed by atoms with Crippen LogP contribution in [0.25, 0.3) is 16.8 Å². The van der Waals surface area contributed by atoms with E-state index in [4.69, 9.17) is 5.41 Å². The number of nitrogens with one attached hydrogen (secondary N) is 1. The van der Waals surface area contributed by atoms with Crippen molar-refractivity contribution in [1.29, 1.82) is 5.41 Å². The third-order valence-corrected chi connectivity index (χ3v) is 5.39. The summed E-state index contributed by atoms with van der Waals surface area (Å²) in [6.07, 6.45) is 20.1. The number of hydrogen-bond acceptors (Lipinski definition) is 1. The van der Waals surface area contributed by atoms with Gasteiger partial charge < -0.3 is 9.98 Å². The molecule has 0 unspecified atom stereocenters. The van der Waals surface area contributed by atoms with E-state index < -0.39 is 0 Å². The lowest BCUT2D eigenvalue weighted by Crippen LogP contribution is -2.11. The lowest BCUT2D eigenvalue weighted by atomic mass is 9.93. The van der Waals surface area contributed by atoms with Crippen LogP contribution in [0.5, 0.6) is 0 Å². The molecule has 1 aliphatic rings. The van der Waals surface area contributed by atoms with Crippen molar-refractivity contribution in [2.45, 2.75) is 38.6 Å². The van der Waals surface area contributed by atoms with Gasteiger partial charge in [-0.1, -0.05) is 67.3 Å². The first-order valence-electron chi connectivity index (χ1n) is 10.3. The number of nitrogens with zero attached hydrogens (tertiary/aromatic N) is 1. The molecule has 1 N–H and O–H groups in total. The van der Waals surface area contributed by atoms with Gasteiger partial charge >= 0.3 is 0 Å². The van der Waals surface area contributed by atoms with E-state index in [1.165, 1.54) is 35.0 Å². The van der Waals surface area contributed by atoms with E-state index in [0.29, 0.717) is 6.04 Å². The highest BCUT2D eigenvalue weighted by Crippen LogP contribution is 2.34. The van der Waals surface area contributed by atoms with E-state index in [9.17, 15) is 0 Å². The molecule has 0 bridgehead atoms. The molecular weight excluding hydrogens is 352 g/mol. The van der Waals surface area contributed by atoms with Gasteiger partial charge in [0.05, 0.1) is 6.04 Å². The molecule has 1 aromatic heterocycles. The fourth-order valence-corrected chi connectivity index (χ4v) is 4.04. The summed E-state index contributed by atoms with van der Waals surface area (Å²) < 4.78 is 2.43. The van der Waals surface area contributed by atoms with Crippen LogP contribution in [0.4, 0.5) is 0 Å². The summed E-state index contributed by atoms with van der Waals surface area (Å²) >= 11 is 0. The highest BCUT2D eigenvalue weighted by Gasteiger charge is 2.18. The standard InChI is InChI=1S/C27H30N2/c1-4-10-23(5-2)24-13-9-14-25(19-24)27-17-21(3)20-29(27)26-15-8-12-22(18-26)11-6-7-16-28/h4-7,9-10,13-14,16-20,26,28H,1-2,8,11-12,15H2,3H3/b7-6-,23-10+,28-16?/t26-/m0/s1. The Kier molecular flexibility index (Phi) is 7.02. The minimum absolute atomic E-state index is 0.377. The van der Waals surface area contributed by atoms with Crippen molar-refractivity contribution in [3.05, 3.63) is 103 Å². The molecule has 0 saturated heterocycles. The molecule has 0 fully saturated rings. The maximum atomic E-state index is 7.16. The van der Waals surface area contributed by atoms with Crippen LogP contribution in [0.1, 0.15) is 42.9 Å². The predicted molar refractivity (Wildman–Crippen MR) is 126 cm³/mol. The second-order valence-corrected chi connectivity index (χ2v) is 7.54. The zero-order chi connectivity index (χ0) is 20.6. The first-order chi connectivity index (χ1) is 14.2. The van der Waals surface area contributed by atoms with Gasteiger partial charge in [-0.15, -0.1) is 0 Å². The largest absolute Gasteiger partial charge is 0.340 e. The van der Waals surface area contributed by atoms with Gasteiger partial charge in [-0.2, -0.15) is 0 Å². The molecular formula is C27H30N2. The first-order valence-corrected chi connectivity index (χ1v) is 10.3. The molecule has 0 aliphatic heterocycles. The van der Waals surface area contributed by atoms with E-state index in [2.05, 4.69) is 73.3 Å². The average Bonchev–Trinajstić information content (AvgIpc) is 3.14. The SMILES string of the molecule is C=C/C=C(\C=C)c1cccc(-c2cc(C)cn2[C@@H]2C=C(C/C=C\C=N)CCC2)c1. The average molecular weight is 383 g/mol. The van der Waals surface area contributed by atoms with Crippen LogP contribution in [0.3, 0.4) is 0 Å². The third-order valence-electron chi connectivity index (χ3n) is 5.39. The summed E-state index contributed by atoms with van der Waals surface area (Å²) in [5, 5.41) is 7.16. The van der Waals surface area contributed by atoms with Gasteiger partial charge in [0, 0.05) is 18.1 Å². The number of benzene rings is 1. The molecule has 1 atom stereocenters. The normalized spacial score (nSPS) is 17.2. The van der Waals surface area contributed by atoms with Gasteiger partial charge in [0.2, 0.25) is 0 Å². The molecule has 0 spiro atoms. The Morgan fingerprint density at radius 1 is 1.28 bits per heavy atom. The molecule has 2 nitrogen and oxygen atoms in total. The maximum absolute atomic E-state index is 7.16. The van der Waals surface area contributed by atoms with Gasteiger partial charge in [0.1, 0.15) is 0 Å². The van der Waals surface area contributed by atoms with Crippen molar-refractivity contribution in [2.24, 2.45) is 0 Å². The van der Waals surface area contributed by atoms with Crippen molar-refractivity contribution < 1.29 is 0 Å². The lowest BCUT2D eigenvalue weighted by Gasteiger charge is -2.24. The van der Waals surface area contributed by atoms with Crippen LogP contribution in [-0.2, 0) is 0 Å². The summed E-state index contributed by atoms with van der Waals surface area (Å²) in [5.74, 6) is 0. The van der Waals surface area contributed by atoms with Crippen LogP contribution in [0.15, 0.2) is 91.7 Å². The van der Waals surface area contributed by atoms with E-state index in [1.54, 1.807) is 6.08 Å². The van der Waals surface area contributed by atoms with Crippen LogP contribution in [0, 0.1) is 12.3 Å². The quantitative estimate of drug-likeness (QED) is 0.279. The molecule has 3 rings (SSSR count). The molecule has 29 heavy (non-hydrogen) atoms. The summed E-state index contributed by atoms with van der Waals surface area (Å²) in [5.41, 5.74) is 7.45. The molecule has 2 heteroatoms. The van der Waals surface area contributed by atoms with Gasteiger partial charge in [0.25, 0.3) is 0 Å². The van der Waals surface area contributed by atoms with E-state index in [1.807, 2.05) is 18.2 Å². The Bertz CT molecular complexity index is 982. The Morgan fingerprint density at radius 3 is 2.90 bits per heavy atom. The maximum Gasteiger partial charge on any atom is 0.0519 e. The Hall–Kier alpha value is -3.13. The number of aromatic nitrogens is 1. The van der Waals surface area contributed by atoms with Crippen molar-refractivity contribution in [3.63, 3.8) is 0 Å². The van der Waals surface area contributed by atoms with Crippen LogP contribution < -0.4 is 0 Å². The highest BCUT2D eigenvalue weighted by molar-refractivity contribution is 5.78. The molecule has 1 heterocycles. The van der Waals surface area contributed by atoms with Gasteiger partial charge in [0.15, 0.2) is 0 Å². The monoisotopic (exact) mass is 382 g/mol. The Labute approximate surface area is 174 Å². The van der Waals surface area contributed by atoms with Gasteiger partial charge in [-0.3, -0.25) is 0 Å². The van der Waals surface area contributed by atoms with Crippen molar-refractivity contribution in [1.82, 2.24) is 4.57 Å². The van der Waals surface area contributed by atoms with Crippen LogP contribution in [0.2, 0.25) is 0 Å². The molecule has 2 aromatic rings. The van der Waals surface area contributed by atoms with E-state index >= 15 is 0 Å². The number of hydrogen-bond donors (Lipinski definition) is 1. The third kappa shape index (κ3) is 5.03. The van der Waals surface area contributed by atoms with Crippen LogP contribution >= 0.6 is 0 Å². The molecule has 0 amide bonds. The first kappa shape index (κ1) is 20.6. The van der Waals surface area contributed by atoms with Crippen molar-refractivity contribution in [2.75, 3.05) is 0 Å². The second kappa shape index (κ2) is 9.88. The van der Waals surface area contributed by atoms with Gasteiger partial charge in [-0.05, 0) is 73.1 Å². The number of allylic oxidation sites excluding steroid dienone is 8. The van der Waals surface area contributed by atoms with E-state index in [0.717, 1.165) is 30.4 Å². The Balaban J connectivity index is 1.98. The minimum Gasteiger partial charge on any atom is -0.340 e. The molecule has 1 aliphatic carbocycles. The van der Waals surface area contributed by atoms with Crippen LogP contribution in [-0.4, -0.2) is 10.8 Å². The molecule has 148 valence electrons.